The highest BCUT2D eigenvalue weighted by atomic mass is 16.6. The van der Waals surface area contributed by atoms with Crippen LogP contribution in [0, 0.1) is 30.9 Å². The second kappa shape index (κ2) is 5.69. The molecule has 2 heterocycles. The Morgan fingerprint density at radius 2 is 2.00 bits per heavy atom. The number of nitrogens with zero attached hydrogens (tertiary/aromatic N) is 5. The number of nitro benzene ring substituents is 1. The van der Waals surface area contributed by atoms with Crippen molar-refractivity contribution < 1.29 is 9.72 Å². The second-order valence-corrected chi connectivity index (χ2v) is 5.35. The van der Waals surface area contributed by atoms with Gasteiger partial charge in [-0.1, -0.05) is 6.07 Å². The molecule has 9 nitrogen and oxygen atoms in total. The van der Waals surface area contributed by atoms with Gasteiger partial charge in [0.2, 0.25) is 5.82 Å². The first-order valence-electron chi connectivity index (χ1n) is 7.13. The normalized spacial score (nSPS) is 10.8. The summed E-state index contributed by atoms with van der Waals surface area (Å²) < 4.78 is 1.47. The van der Waals surface area contributed by atoms with Crippen LogP contribution in [-0.4, -0.2) is 30.4 Å². The number of carbonyl (C=O) groups is 1. The van der Waals surface area contributed by atoms with Crippen molar-refractivity contribution in [3.8, 4) is 0 Å². The van der Waals surface area contributed by atoms with Gasteiger partial charge in [-0.2, -0.15) is 4.98 Å². The zero-order chi connectivity index (χ0) is 17.4. The van der Waals surface area contributed by atoms with E-state index in [9.17, 15) is 14.9 Å². The Labute approximate surface area is 136 Å². The van der Waals surface area contributed by atoms with Gasteiger partial charge in [0, 0.05) is 17.5 Å². The number of hydrogen-bond donors (Lipinski definition) is 1. The average molecular weight is 326 g/mol. The summed E-state index contributed by atoms with van der Waals surface area (Å²) in [6, 6.07) is 6.30. The summed E-state index contributed by atoms with van der Waals surface area (Å²) in [6.07, 6.45) is 0. The van der Waals surface area contributed by atoms with Crippen molar-refractivity contribution in [3.63, 3.8) is 0 Å². The lowest BCUT2D eigenvalue weighted by atomic mass is 10.1. The first kappa shape index (κ1) is 15.5. The van der Waals surface area contributed by atoms with Crippen LogP contribution in [0.25, 0.3) is 5.78 Å². The fraction of sp³-hybridized carbons (Fsp3) is 0.200. The van der Waals surface area contributed by atoms with Gasteiger partial charge in [-0.05, 0) is 32.9 Å². The topological polar surface area (TPSA) is 115 Å². The molecule has 0 radical (unpaired) electrons. The van der Waals surface area contributed by atoms with Crippen molar-refractivity contribution in [2.75, 3.05) is 5.32 Å². The third-order valence-corrected chi connectivity index (χ3v) is 3.57. The Bertz CT molecular complexity index is 979. The molecule has 3 rings (SSSR count). The molecule has 0 bridgehead atoms. The molecule has 0 aliphatic rings. The minimum atomic E-state index is -0.554. The quantitative estimate of drug-likeness (QED) is 0.583. The highest BCUT2D eigenvalue weighted by molar-refractivity contribution is 6.02. The van der Waals surface area contributed by atoms with Crippen molar-refractivity contribution >= 4 is 23.1 Å². The minimum Gasteiger partial charge on any atom is -0.319 e. The number of aryl methyl sites for hydroxylation is 2. The zero-order valence-electron chi connectivity index (χ0n) is 13.3. The Balaban J connectivity index is 1.95. The van der Waals surface area contributed by atoms with Gasteiger partial charge in [0.15, 0.2) is 0 Å². The molecule has 9 heteroatoms. The number of nitrogens with one attached hydrogen (secondary N) is 1. The number of anilines is 1. The first-order valence-corrected chi connectivity index (χ1v) is 7.13. The van der Waals surface area contributed by atoms with Crippen molar-refractivity contribution in [2.45, 2.75) is 20.8 Å². The maximum atomic E-state index is 12.4. The molecule has 1 N–H and O–H groups in total. The van der Waals surface area contributed by atoms with Crippen LogP contribution in [0.1, 0.15) is 27.6 Å². The molecule has 1 amide bonds. The van der Waals surface area contributed by atoms with E-state index in [0.717, 1.165) is 11.4 Å². The van der Waals surface area contributed by atoms with Crippen LogP contribution in [0.3, 0.4) is 0 Å². The Hall–Kier alpha value is -3.36. The van der Waals surface area contributed by atoms with Crippen molar-refractivity contribution in [2.24, 2.45) is 0 Å². The molecule has 0 spiro atoms. The maximum absolute atomic E-state index is 12.4. The average Bonchev–Trinajstić information content (AvgIpc) is 2.93. The van der Waals surface area contributed by atoms with E-state index in [-0.39, 0.29) is 11.5 Å². The summed E-state index contributed by atoms with van der Waals surface area (Å²) >= 11 is 0. The van der Waals surface area contributed by atoms with Gasteiger partial charge in [0.05, 0.1) is 16.2 Å². The summed E-state index contributed by atoms with van der Waals surface area (Å²) in [5.74, 6) is -0.281. The molecule has 0 unspecified atom stereocenters. The summed E-state index contributed by atoms with van der Waals surface area (Å²) in [5, 5.41) is 17.7. The van der Waals surface area contributed by atoms with E-state index in [1.807, 2.05) is 19.9 Å². The van der Waals surface area contributed by atoms with Crippen molar-refractivity contribution in [1.29, 1.82) is 0 Å². The number of aromatic nitrogens is 4. The van der Waals surface area contributed by atoms with Crippen molar-refractivity contribution in [3.05, 3.63) is 57.2 Å². The van der Waals surface area contributed by atoms with Crippen LogP contribution < -0.4 is 5.32 Å². The molecule has 0 aliphatic carbocycles. The lowest BCUT2D eigenvalue weighted by Gasteiger charge is -2.06. The zero-order valence-corrected chi connectivity index (χ0v) is 13.3. The molecular weight excluding hydrogens is 312 g/mol. The van der Waals surface area contributed by atoms with E-state index in [1.54, 1.807) is 13.0 Å². The number of carbonyl (C=O) groups excluding carboxylic acids is 1. The molecule has 2 aromatic heterocycles. The van der Waals surface area contributed by atoms with E-state index >= 15 is 0 Å². The van der Waals surface area contributed by atoms with Gasteiger partial charge in [-0.3, -0.25) is 14.9 Å². The van der Waals surface area contributed by atoms with E-state index in [4.69, 9.17) is 0 Å². The summed E-state index contributed by atoms with van der Waals surface area (Å²) in [5.41, 5.74) is 2.21. The highest BCUT2D eigenvalue weighted by Gasteiger charge is 2.19. The highest BCUT2D eigenvalue weighted by Crippen LogP contribution is 2.25. The smallest absolute Gasteiger partial charge is 0.295 e. The van der Waals surface area contributed by atoms with Crippen LogP contribution >= 0.6 is 0 Å². The molecule has 24 heavy (non-hydrogen) atoms. The molecule has 0 fully saturated rings. The lowest BCUT2D eigenvalue weighted by molar-refractivity contribution is -0.385. The molecule has 3 aromatic rings. The molecule has 0 saturated carbocycles. The number of hydrogen-bond acceptors (Lipinski definition) is 6. The summed E-state index contributed by atoms with van der Waals surface area (Å²) in [4.78, 5) is 31.2. The number of fused-ring (bicyclic) bond motifs is 1. The summed E-state index contributed by atoms with van der Waals surface area (Å²) in [7, 11) is 0. The number of nitro groups is 1. The van der Waals surface area contributed by atoms with Crippen LogP contribution in [0.2, 0.25) is 0 Å². The molecular formula is C15H14N6O3. The van der Waals surface area contributed by atoms with E-state index in [0.29, 0.717) is 17.0 Å². The van der Waals surface area contributed by atoms with Gasteiger partial charge >= 0.3 is 0 Å². The number of rotatable bonds is 3. The molecule has 1 aromatic carbocycles. The summed E-state index contributed by atoms with van der Waals surface area (Å²) in [6.45, 7) is 5.23. The number of amides is 1. The third kappa shape index (κ3) is 2.67. The molecule has 0 saturated heterocycles. The third-order valence-electron chi connectivity index (χ3n) is 3.57. The fourth-order valence-electron chi connectivity index (χ4n) is 2.40. The van der Waals surface area contributed by atoms with Crippen molar-refractivity contribution in [1.82, 2.24) is 19.6 Å². The number of benzene rings is 1. The van der Waals surface area contributed by atoms with Gasteiger partial charge < -0.3 is 5.32 Å². The van der Waals surface area contributed by atoms with Crippen LogP contribution in [0.4, 0.5) is 11.4 Å². The molecule has 0 atom stereocenters. The van der Waals surface area contributed by atoms with Crippen LogP contribution in [0.5, 0.6) is 0 Å². The Morgan fingerprint density at radius 1 is 1.25 bits per heavy atom. The van der Waals surface area contributed by atoms with E-state index in [1.165, 1.54) is 16.6 Å². The Kier molecular flexibility index (Phi) is 3.68. The second-order valence-electron chi connectivity index (χ2n) is 5.35. The maximum Gasteiger partial charge on any atom is 0.295 e. The SMILES string of the molecule is Cc1cc(C)n2nc(C(=O)Nc3cccc([N+](=O)[O-])c3C)nc2n1. The van der Waals surface area contributed by atoms with Gasteiger partial charge in [-0.25, -0.2) is 9.50 Å². The first-order chi connectivity index (χ1) is 11.4. The Morgan fingerprint density at radius 3 is 2.71 bits per heavy atom. The molecule has 0 aliphatic heterocycles. The monoisotopic (exact) mass is 326 g/mol. The van der Waals surface area contributed by atoms with Crippen LogP contribution in [0.15, 0.2) is 24.3 Å². The standard InChI is InChI=1S/C15H14N6O3/c1-8-7-9(2)20-15(16-8)18-13(19-20)14(22)17-11-5-4-6-12(10(11)3)21(23)24/h4-7H,1-3H3,(H,17,22). The van der Waals surface area contributed by atoms with Gasteiger partial charge in [0.25, 0.3) is 17.4 Å². The predicted molar refractivity (Wildman–Crippen MR) is 86.0 cm³/mol. The predicted octanol–water partition coefficient (Wildman–Crippen LogP) is 2.21. The largest absolute Gasteiger partial charge is 0.319 e. The van der Waals surface area contributed by atoms with Gasteiger partial charge in [-0.15, -0.1) is 5.10 Å². The molecule has 122 valence electrons. The van der Waals surface area contributed by atoms with Crippen LogP contribution in [-0.2, 0) is 0 Å². The lowest BCUT2D eigenvalue weighted by Crippen LogP contribution is -2.15. The van der Waals surface area contributed by atoms with E-state index in [2.05, 4.69) is 20.4 Å². The van der Waals surface area contributed by atoms with Gasteiger partial charge in [0.1, 0.15) is 0 Å². The minimum absolute atomic E-state index is 0.0536. The fourth-order valence-corrected chi connectivity index (χ4v) is 2.40. The van der Waals surface area contributed by atoms with E-state index < -0.39 is 10.8 Å².